The molecule has 0 spiro atoms. The molecule has 0 aromatic carbocycles. The number of halogens is 1. The highest BCUT2D eigenvalue weighted by molar-refractivity contribution is 14.1. The first-order valence-electron chi connectivity index (χ1n) is 4.19. The maximum Gasteiger partial charge on any atom is 0.124 e. The number of nitrogens with one attached hydrogen (secondary N) is 2. The largest absolute Gasteiger partial charge is 0.336 e. The lowest BCUT2D eigenvalue weighted by Gasteiger charge is -2.04. The van der Waals surface area contributed by atoms with Gasteiger partial charge in [-0.3, -0.25) is 0 Å². The molecule has 1 fully saturated rings. The SMILES string of the molecule is C[C@@H]1CN[C@H](c2ncc(I)[nH]2)C1. The lowest BCUT2D eigenvalue weighted by Crippen LogP contribution is -2.14. The highest BCUT2D eigenvalue weighted by Gasteiger charge is 2.23. The van der Waals surface area contributed by atoms with E-state index in [1.807, 2.05) is 6.20 Å². The Morgan fingerprint density at radius 3 is 3.00 bits per heavy atom. The van der Waals surface area contributed by atoms with E-state index in [4.69, 9.17) is 0 Å². The minimum Gasteiger partial charge on any atom is -0.336 e. The van der Waals surface area contributed by atoms with Gasteiger partial charge in [-0.05, 0) is 41.5 Å². The van der Waals surface area contributed by atoms with Crippen LogP contribution < -0.4 is 5.32 Å². The Hall–Kier alpha value is -0.100. The molecule has 0 aliphatic carbocycles. The molecule has 0 bridgehead atoms. The van der Waals surface area contributed by atoms with Crippen LogP contribution >= 0.6 is 22.6 Å². The van der Waals surface area contributed by atoms with Crippen LogP contribution in [0.5, 0.6) is 0 Å². The summed E-state index contributed by atoms with van der Waals surface area (Å²) in [4.78, 5) is 7.56. The van der Waals surface area contributed by atoms with Crippen molar-refractivity contribution < 1.29 is 0 Å². The van der Waals surface area contributed by atoms with Gasteiger partial charge in [0.15, 0.2) is 0 Å². The Labute approximate surface area is 85.5 Å². The van der Waals surface area contributed by atoms with Crippen LogP contribution in [0.1, 0.15) is 25.2 Å². The third-order valence-electron chi connectivity index (χ3n) is 2.25. The zero-order valence-corrected chi connectivity index (χ0v) is 9.13. The van der Waals surface area contributed by atoms with E-state index in [2.05, 4.69) is 44.8 Å². The predicted octanol–water partition coefficient (Wildman–Crippen LogP) is 1.68. The number of imidazole rings is 1. The van der Waals surface area contributed by atoms with Crippen LogP contribution in [-0.2, 0) is 0 Å². The van der Waals surface area contributed by atoms with Gasteiger partial charge < -0.3 is 10.3 Å². The molecule has 0 unspecified atom stereocenters. The molecule has 1 aliphatic heterocycles. The van der Waals surface area contributed by atoms with Gasteiger partial charge in [0.1, 0.15) is 5.82 Å². The monoisotopic (exact) mass is 277 g/mol. The summed E-state index contributed by atoms with van der Waals surface area (Å²) in [6.45, 7) is 3.38. The van der Waals surface area contributed by atoms with Gasteiger partial charge in [-0.1, -0.05) is 6.92 Å². The summed E-state index contributed by atoms with van der Waals surface area (Å²) in [6, 6.07) is 0.448. The third-order valence-corrected chi connectivity index (χ3v) is 2.79. The molecule has 2 heterocycles. The Balaban J connectivity index is 2.11. The first-order chi connectivity index (χ1) is 5.75. The van der Waals surface area contributed by atoms with Crippen LogP contribution in [0.2, 0.25) is 0 Å². The van der Waals surface area contributed by atoms with E-state index in [-0.39, 0.29) is 0 Å². The molecule has 1 aliphatic rings. The maximum absolute atomic E-state index is 4.31. The molecule has 66 valence electrons. The number of H-pyrrole nitrogens is 1. The van der Waals surface area contributed by atoms with E-state index in [0.717, 1.165) is 22.0 Å². The van der Waals surface area contributed by atoms with Gasteiger partial charge in [0.25, 0.3) is 0 Å². The topological polar surface area (TPSA) is 40.7 Å². The molecule has 12 heavy (non-hydrogen) atoms. The highest BCUT2D eigenvalue weighted by atomic mass is 127. The van der Waals surface area contributed by atoms with Crippen molar-refractivity contribution in [2.45, 2.75) is 19.4 Å². The van der Waals surface area contributed by atoms with Gasteiger partial charge in [-0.25, -0.2) is 4.98 Å². The van der Waals surface area contributed by atoms with Crippen molar-refractivity contribution in [3.8, 4) is 0 Å². The van der Waals surface area contributed by atoms with Gasteiger partial charge in [0.05, 0.1) is 15.9 Å². The molecule has 3 nitrogen and oxygen atoms in total. The van der Waals surface area contributed by atoms with Gasteiger partial charge >= 0.3 is 0 Å². The van der Waals surface area contributed by atoms with Crippen molar-refractivity contribution in [3.05, 3.63) is 15.7 Å². The molecule has 2 rings (SSSR count). The molecule has 1 aromatic heterocycles. The zero-order chi connectivity index (χ0) is 8.55. The first kappa shape index (κ1) is 8.50. The fourth-order valence-electron chi connectivity index (χ4n) is 1.61. The Morgan fingerprint density at radius 2 is 2.50 bits per heavy atom. The van der Waals surface area contributed by atoms with Crippen LogP contribution in [0, 0.1) is 9.62 Å². The van der Waals surface area contributed by atoms with Gasteiger partial charge in [0, 0.05) is 0 Å². The molecular formula is C8H12IN3. The molecular weight excluding hydrogens is 265 g/mol. The lowest BCUT2D eigenvalue weighted by molar-refractivity contribution is 0.587. The molecule has 2 atom stereocenters. The molecule has 1 saturated heterocycles. The summed E-state index contributed by atoms with van der Waals surface area (Å²) in [5.74, 6) is 1.86. The molecule has 4 heteroatoms. The van der Waals surface area contributed by atoms with E-state index in [0.29, 0.717) is 6.04 Å². The van der Waals surface area contributed by atoms with Crippen molar-refractivity contribution in [1.29, 1.82) is 0 Å². The number of hydrogen-bond acceptors (Lipinski definition) is 2. The molecule has 2 N–H and O–H groups in total. The predicted molar refractivity (Wildman–Crippen MR) is 55.8 cm³/mol. The van der Waals surface area contributed by atoms with Crippen molar-refractivity contribution in [3.63, 3.8) is 0 Å². The normalized spacial score (nSPS) is 29.5. The summed E-state index contributed by atoms with van der Waals surface area (Å²) in [6.07, 6.45) is 3.07. The summed E-state index contributed by atoms with van der Waals surface area (Å²) < 4.78 is 1.11. The van der Waals surface area contributed by atoms with Crippen molar-refractivity contribution in [2.24, 2.45) is 5.92 Å². The standard InChI is InChI=1S/C8H12IN3/c1-5-2-6(10-3-5)8-11-4-7(9)12-8/h4-6,10H,2-3H2,1H3,(H,11,12)/t5-,6-/m0/s1. The number of rotatable bonds is 1. The van der Waals surface area contributed by atoms with Crippen LogP contribution in [0.4, 0.5) is 0 Å². The molecule has 0 amide bonds. The van der Waals surface area contributed by atoms with Gasteiger partial charge in [-0.15, -0.1) is 0 Å². The third kappa shape index (κ3) is 1.64. The summed E-state index contributed by atoms with van der Waals surface area (Å²) in [7, 11) is 0. The lowest BCUT2D eigenvalue weighted by atomic mass is 10.1. The number of hydrogen-bond donors (Lipinski definition) is 2. The van der Waals surface area contributed by atoms with Gasteiger partial charge in [-0.2, -0.15) is 0 Å². The minimum absolute atomic E-state index is 0.448. The summed E-state index contributed by atoms with van der Waals surface area (Å²) >= 11 is 2.25. The first-order valence-corrected chi connectivity index (χ1v) is 5.27. The van der Waals surface area contributed by atoms with Crippen LogP contribution in [0.25, 0.3) is 0 Å². The number of nitrogens with zero attached hydrogens (tertiary/aromatic N) is 1. The Morgan fingerprint density at radius 1 is 1.67 bits per heavy atom. The minimum atomic E-state index is 0.448. The molecule has 0 radical (unpaired) electrons. The zero-order valence-electron chi connectivity index (χ0n) is 6.97. The van der Waals surface area contributed by atoms with E-state index >= 15 is 0 Å². The summed E-state index contributed by atoms with van der Waals surface area (Å²) in [5.41, 5.74) is 0. The molecule has 0 saturated carbocycles. The molecule has 1 aromatic rings. The van der Waals surface area contributed by atoms with Crippen molar-refractivity contribution >= 4 is 22.6 Å². The van der Waals surface area contributed by atoms with E-state index in [1.165, 1.54) is 6.42 Å². The number of aromatic nitrogens is 2. The summed E-state index contributed by atoms with van der Waals surface area (Å²) in [5, 5.41) is 3.44. The maximum atomic E-state index is 4.31. The highest BCUT2D eigenvalue weighted by Crippen LogP contribution is 2.24. The smallest absolute Gasteiger partial charge is 0.124 e. The van der Waals surface area contributed by atoms with Gasteiger partial charge in [0.2, 0.25) is 0 Å². The van der Waals surface area contributed by atoms with Crippen LogP contribution in [0.15, 0.2) is 6.20 Å². The average Bonchev–Trinajstić information content (AvgIpc) is 2.58. The Bertz CT molecular complexity index is 271. The fraction of sp³-hybridized carbons (Fsp3) is 0.625. The van der Waals surface area contributed by atoms with Crippen molar-refractivity contribution in [1.82, 2.24) is 15.3 Å². The second kappa shape index (κ2) is 3.33. The van der Waals surface area contributed by atoms with Crippen LogP contribution in [-0.4, -0.2) is 16.5 Å². The second-order valence-corrected chi connectivity index (χ2v) is 4.58. The van der Waals surface area contributed by atoms with E-state index in [1.54, 1.807) is 0 Å². The van der Waals surface area contributed by atoms with E-state index < -0.39 is 0 Å². The Kier molecular flexibility index (Phi) is 2.36. The average molecular weight is 277 g/mol. The second-order valence-electron chi connectivity index (χ2n) is 3.42. The van der Waals surface area contributed by atoms with Crippen LogP contribution in [0.3, 0.4) is 0 Å². The van der Waals surface area contributed by atoms with E-state index in [9.17, 15) is 0 Å². The quantitative estimate of drug-likeness (QED) is 0.767. The number of aromatic amines is 1. The fourth-order valence-corrected chi connectivity index (χ4v) is 2.03. The van der Waals surface area contributed by atoms with Crippen molar-refractivity contribution in [2.75, 3.05) is 6.54 Å².